The van der Waals surface area contributed by atoms with Crippen LogP contribution in [0.4, 0.5) is 5.69 Å². The molecule has 30 heavy (non-hydrogen) atoms. The molecule has 2 aromatic carbocycles. The quantitative estimate of drug-likeness (QED) is 0.770. The number of anilines is 1. The number of hydrogen-bond donors (Lipinski definition) is 1. The number of para-hydroxylation sites is 1. The lowest BCUT2D eigenvalue weighted by Gasteiger charge is -2.35. The molecule has 1 fully saturated rings. The molecule has 0 bridgehead atoms. The minimum Gasteiger partial charge on any atom is -0.324 e. The second kappa shape index (κ2) is 8.38. The molecule has 2 aliphatic heterocycles. The zero-order chi connectivity index (χ0) is 21.3. The van der Waals surface area contributed by atoms with Crippen LogP contribution in [-0.4, -0.2) is 71.8 Å². The maximum absolute atomic E-state index is 12.5. The van der Waals surface area contributed by atoms with Crippen LogP contribution in [0.15, 0.2) is 42.5 Å². The summed E-state index contributed by atoms with van der Waals surface area (Å²) in [4.78, 5) is 43.1. The highest BCUT2D eigenvalue weighted by molar-refractivity contribution is 6.21. The summed E-state index contributed by atoms with van der Waals surface area (Å²) in [6, 6.07) is 12.9. The summed E-state index contributed by atoms with van der Waals surface area (Å²) in [5.74, 6) is -0.488. The van der Waals surface area contributed by atoms with Gasteiger partial charge in [-0.3, -0.25) is 29.1 Å². The van der Waals surface area contributed by atoms with Crippen LogP contribution < -0.4 is 5.32 Å². The lowest BCUT2D eigenvalue weighted by atomic mass is 10.1. The molecular formula is C23H26N4O3. The van der Waals surface area contributed by atoms with Gasteiger partial charge in [0.15, 0.2) is 0 Å². The van der Waals surface area contributed by atoms with Gasteiger partial charge in [-0.05, 0) is 37.1 Å². The highest BCUT2D eigenvalue weighted by atomic mass is 16.2. The first kappa shape index (κ1) is 20.3. The first-order valence-electron chi connectivity index (χ1n) is 10.2. The summed E-state index contributed by atoms with van der Waals surface area (Å²) in [7, 11) is 0. The fourth-order valence-electron chi connectivity index (χ4n) is 4.05. The largest absolute Gasteiger partial charge is 0.324 e. The van der Waals surface area contributed by atoms with Crippen LogP contribution in [0.3, 0.4) is 0 Å². The lowest BCUT2D eigenvalue weighted by Crippen LogP contribution is -2.52. The predicted molar refractivity (Wildman–Crippen MR) is 114 cm³/mol. The Bertz CT molecular complexity index is 940. The van der Waals surface area contributed by atoms with E-state index in [0.29, 0.717) is 43.9 Å². The third-order valence-corrected chi connectivity index (χ3v) is 5.80. The van der Waals surface area contributed by atoms with Gasteiger partial charge in [0.25, 0.3) is 11.8 Å². The molecule has 1 N–H and O–H groups in total. The zero-order valence-corrected chi connectivity index (χ0v) is 17.4. The van der Waals surface area contributed by atoms with Crippen molar-refractivity contribution in [3.63, 3.8) is 0 Å². The molecule has 0 radical (unpaired) electrons. The van der Waals surface area contributed by atoms with Crippen LogP contribution in [-0.2, 0) is 4.79 Å². The normalized spacial score (nSPS) is 17.3. The first-order chi connectivity index (χ1) is 14.4. The fraction of sp³-hybridized carbons (Fsp3) is 0.348. The van der Waals surface area contributed by atoms with Crippen molar-refractivity contribution in [3.8, 4) is 0 Å². The Balaban J connectivity index is 1.28. The molecule has 2 heterocycles. The monoisotopic (exact) mass is 406 g/mol. The molecular weight excluding hydrogens is 380 g/mol. The molecule has 156 valence electrons. The van der Waals surface area contributed by atoms with E-state index in [2.05, 4.69) is 15.1 Å². The van der Waals surface area contributed by atoms with Crippen molar-refractivity contribution < 1.29 is 14.4 Å². The van der Waals surface area contributed by atoms with E-state index in [1.807, 2.05) is 32.0 Å². The van der Waals surface area contributed by atoms with E-state index < -0.39 is 0 Å². The molecule has 0 spiro atoms. The van der Waals surface area contributed by atoms with Crippen LogP contribution in [0, 0.1) is 13.8 Å². The maximum Gasteiger partial charge on any atom is 0.262 e. The second-order valence-corrected chi connectivity index (χ2v) is 7.93. The number of rotatable bonds is 5. The molecule has 0 unspecified atom stereocenters. The lowest BCUT2D eigenvalue weighted by molar-refractivity contribution is -0.117. The number of nitrogens with zero attached hydrogens (tertiary/aromatic N) is 3. The van der Waals surface area contributed by atoms with Gasteiger partial charge in [-0.2, -0.15) is 0 Å². The summed E-state index contributed by atoms with van der Waals surface area (Å²) >= 11 is 0. The van der Waals surface area contributed by atoms with Gasteiger partial charge in [-0.1, -0.05) is 30.3 Å². The molecule has 0 saturated carbocycles. The Hall–Kier alpha value is -3.03. The number of nitrogens with one attached hydrogen (secondary N) is 1. The molecule has 7 heteroatoms. The fourth-order valence-corrected chi connectivity index (χ4v) is 4.05. The molecule has 0 atom stereocenters. The van der Waals surface area contributed by atoms with E-state index in [1.165, 1.54) is 4.90 Å². The van der Waals surface area contributed by atoms with E-state index in [4.69, 9.17) is 0 Å². The standard InChI is InChI=1S/C23H26N4O3/c1-16-6-5-7-17(2)21(16)24-20(28)14-25-10-12-26(13-11-25)15-27-22(29)18-8-3-4-9-19(18)23(27)30/h3-9H,10-15H2,1-2H3,(H,24,28). The number of imide groups is 1. The van der Waals surface area contributed by atoms with E-state index in [-0.39, 0.29) is 24.4 Å². The molecule has 3 amide bonds. The highest BCUT2D eigenvalue weighted by Crippen LogP contribution is 2.23. The van der Waals surface area contributed by atoms with Crippen LogP contribution in [0.2, 0.25) is 0 Å². The number of aryl methyl sites for hydroxylation is 2. The van der Waals surface area contributed by atoms with Gasteiger partial charge in [0.2, 0.25) is 5.91 Å². The summed E-state index contributed by atoms with van der Waals surface area (Å²) in [5, 5.41) is 3.03. The van der Waals surface area contributed by atoms with Crippen LogP contribution in [0.5, 0.6) is 0 Å². The van der Waals surface area contributed by atoms with Crippen LogP contribution >= 0.6 is 0 Å². The van der Waals surface area contributed by atoms with Gasteiger partial charge in [0.05, 0.1) is 24.3 Å². The van der Waals surface area contributed by atoms with Gasteiger partial charge < -0.3 is 5.32 Å². The van der Waals surface area contributed by atoms with Crippen molar-refractivity contribution in [2.75, 3.05) is 44.7 Å². The molecule has 7 nitrogen and oxygen atoms in total. The molecule has 0 aliphatic carbocycles. The zero-order valence-electron chi connectivity index (χ0n) is 17.4. The summed E-state index contributed by atoms with van der Waals surface area (Å²) in [6.07, 6.45) is 0. The van der Waals surface area contributed by atoms with E-state index >= 15 is 0 Å². The highest BCUT2D eigenvalue weighted by Gasteiger charge is 2.36. The van der Waals surface area contributed by atoms with Crippen molar-refractivity contribution in [1.82, 2.24) is 14.7 Å². The number of hydrogen-bond acceptors (Lipinski definition) is 5. The van der Waals surface area contributed by atoms with E-state index in [1.54, 1.807) is 24.3 Å². The number of carbonyl (C=O) groups excluding carboxylic acids is 3. The van der Waals surface area contributed by atoms with Crippen molar-refractivity contribution in [1.29, 1.82) is 0 Å². The van der Waals surface area contributed by atoms with Gasteiger partial charge in [-0.15, -0.1) is 0 Å². The molecule has 1 saturated heterocycles. The van der Waals surface area contributed by atoms with Crippen molar-refractivity contribution >= 4 is 23.4 Å². The van der Waals surface area contributed by atoms with Gasteiger partial charge in [-0.25, -0.2) is 0 Å². The van der Waals surface area contributed by atoms with Gasteiger partial charge in [0, 0.05) is 31.9 Å². The summed E-state index contributed by atoms with van der Waals surface area (Å²) < 4.78 is 0. The van der Waals surface area contributed by atoms with Crippen molar-refractivity contribution in [3.05, 3.63) is 64.7 Å². The second-order valence-electron chi connectivity index (χ2n) is 7.93. The summed E-state index contributed by atoms with van der Waals surface area (Å²) in [5.41, 5.74) is 3.93. The average molecular weight is 406 g/mol. The molecule has 2 aromatic rings. The van der Waals surface area contributed by atoms with Crippen LogP contribution in [0.1, 0.15) is 31.8 Å². The van der Waals surface area contributed by atoms with Crippen molar-refractivity contribution in [2.24, 2.45) is 0 Å². The third kappa shape index (κ3) is 3.99. The van der Waals surface area contributed by atoms with Crippen LogP contribution in [0.25, 0.3) is 0 Å². The maximum atomic E-state index is 12.5. The smallest absolute Gasteiger partial charge is 0.262 e. The topological polar surface area (TPSA) is 73.0 Å². The van der Waals surface area contributed by atoms with Gasteiger partial charge in [0.1, 0.15) is 0 Å². The third-order valence-electron chi connectivity index (χ3n) is 5.80. The Morgan fingerprint density at radius 2 is 1.37 bits per heavy atom. The number of carbonyl (C=O) groups is 3. The Labute approximate surface area is 176 Å². The number of fused-ring (bicyclic) bond motifs is 1. The Morgan fingerprint density at radius 3 is 1.93 bits per heavy atom. The number of piperazine rings is 1. The number of amides is 3. The first-order valence-corrected chi connectivity index (χ1v) is 10.2. The molecule has 4 rings (SSSR count). The van der Waals surface area contributed by atoms with E-state index in [0.717, 1.165) is 16.8 Å². The predicted octanol–water partition coefficient (Wildman–Crippen LogP) is 2.11. The average Bonchev–Trinajstić information content (AvgIpc) is 2.97. The van der Waals surface area contributed by atoms with E-state index in [9.17, 15) is 14.4 Å². The Morgan fingerprint density at radius 1 is 0.833 bits per heavy atom. The van der Waals surface area contributed by atoms with Crippen molar-refractivity contribution in [2.45, 2.75) is 13.8 Å². The number of benzene rings is 2. The van der Waals surface area contributed by atoms with Gasteiger partial charge >= 0.3 is 0 Å². The summed E-state index contributed by atoms with van der Waals surface area (Å²) in [6.45, 7) is 7.41. The minimum atomic E-state index is -0.231. The Kier molecular flexibility index (Phi) is 5.65. The minimum absolute atomic E-state index is 0.0267. The molecule has 2 aliphatic rings. The molecule has 0 aromatic heterocycles. The SMILES string of the molecule is Cc1cccc(C)c1NC(=O)CN1CCN(CN2C(=O)c3ccccc3C2=O)CC1.